The van der Waals surface area contributed by atoms with Crippen molar-refractivity contribution in [2.75, 3.05) is 11.9 Å². The molecule has 1 amide bonds. The number of nitrogens with zero attached hydrogens (tertiary/aromatic N) is 1. The fraction of sp³-hybridized carbons (Fsp3) is 0.562. The Bertz CT molecular complexity index is 479. The first-order valence-corrected chi connectivity index (χ1v) is 6.54. The van der Waals surface area contributed by atoms with Gasteiger partial charge in [-0.05, 0) is 22.5 Å². The van der Waals surface area contributed by atoms with Crippen molar-refractivity contribution < 1.29 is 9.90 Å². The molecule has 0 bridgehead atoms. The molecule has 1 aromatic rings. The zero-order valence-electron chi connectivity index (χ0n) is 13.0. The summed E-state index contributed by atoms with van der Waals surface area (Å²) in [7, 11) is 1.65. The number of phenolic OH excluding ortho intramolecular Hbond substituents is 1. The highest BCUT2D eigenvalue weighted by Gasteiger charge is 2.25. The Hall–Kier alpha value is -1.51. The van der Waals surface area contributed by atoms with Crippen LogP contribution in [0.2, 0.25) is 0 Å². The van der Waals surface area contributed by atoms with E-state index in [1.54, 1.807) is 7.05 Å². The third-order valence-electron chi connectivity index (χ3n) is 3.30. The molecule has 19 heavy (non-hydrogen) atoms. The van der Waals surface area contributed by atoms with Crippen molar-refractivity contribution in [1.29, 1.82) is 0 Å². The van der Waals surface area contributed by atoms with Crippen LogP contribution in [-0.2, 0) is 15.6 Å². The van der Waals surface area contributed by atoms with E-state index in [0.29, 0.717) is 12.1 Å². The van der Waals surface area contributed by atoms with Gasteiger partial charge in [-0.25, -0.2) is 0 Å². The lowest BCUT2D eigenvalue weighted by Gasteiger charge is -2.28. The largest absolute Gasteiger partial charge is 0.505 e. The van der Waals surface area contributed by atoms with Crippen molar-refractivity contribution >= 4 is 12.1 Å². The summed E-state index contributed by atoms with van der Waals surface area (Å²) in [6, 6.07) is 3.93. The highest BCUT2D eigenvalue weighted by atomic mass is 16.3. The molecule has 3 heteroatoms. The first-order valence-electron chi connectivity index (χ1n) is 6.54. The van der Waals surface area contributed by atoms with Gasteiger partial charge in [-0.2, -0.15) is 0 Å². The molecule has 0 unspecified atom stereocenters. The molecule has 0 saturated carbocycles. The number of hydrogen-bond acceptors (Lipinski definition) is 2. The summed E-state index contributed by atoms with van der Waals surface area (Å²) in [4.78, 5) is 12.4. The van der Waals surface area contributed by atoms with Gasteiger partial charge in [0.15, 0.2) is 0 Å². The van der Waals surface area contributed by atoms with Crippen molar-refractivity contribution in [3.8, 4) is 5.75 Å². The molecule has 0 aliphatic heterocycles. The van der Waals surface area contributed by atoms with Crippen LogP contribution in [0.1, 0.15) is 52.7 Å². The number of carbonyl (C=O) groups excluding carboxylic acids is 1. The number of aromatic hydroxyl groups is 1. The minimum atomic E-state index is -0.177. The summed E-state index contributed by atoms with van der Waals surface area (Å²) in [6.07, 6.45) is 0.716. The molecule has 0 aliphatic carbocycles. The molecule has 3 nitrogen and oxygen atoms in total. The number of benzene rings is 1. The lowest BCUT2D eigenvalue weighted by atomic mass is 9.79. The molecule has 0 fully saturated rings. The van der Waals surface area contributed by atoms with E-state index in [1.807, 2.05) is 12.1 Å². The van der Waals surface area contributed by atoms with Crippen LogP contribution < -0.4 is 4.90 Å². The first kappa shape index (κ1) is 15.5. The van der Waals surface area contributed by atoms with Crippen LogP contribution in [-0.4, -0.2) is 18.6 Å². The maximum absolute atomic E-state index is 11.0. The molecule has 0 atom stereocenters. The Morgan fingerprint density at radius 1 is 1.05 bits per heavy atom. The minimum Gasteiger partial charge on any atom is -0.505 e. The average molecular weight is 263 g/mol. The van der Waals surface area contributed by atoms with Crippen LogP contribution in [0.15, 0.2) is 12.1 Å². The van der Waals surface area contributed by atoms with Gasteiger partial charge in [0.25, 0.3) is 0 Å². The van der Waals surface area contributed by atoms with Crippen LogP contribution in [0, 0.1) is 0 Å². The van der Waals surface area contributed by atoms with Gasteiger partial charge in [-0.3, -0.25) is 4.79 Å². The molecule has 1 rings (SSSR count). The van der Waals surface area contributed by atoms with Gasteiger partial charge in [-0.1, -0.05) is 47.6 Å². The average Bonchev–Trinajstić information content (AvgIpc) is 2.25. The van der Waals surface area contributed by atoms with Gasteiger partial charge in [0, 0.05) is 12.6 Å². The fourth-order valence-electron chi connectivity index (χ4n) is 1.95. The minimum absolute atomic E-state index is 0.0355. The Morgan fingerprint density at radius 2 is 1.58 bits per heavy atom. The maximum atomic E-state index is 11.0. The van der Waals surface area contributed by atoms with Crippen LogP contribution >= 0.6 is 0 Å². The van der Waals surface area contributed by atoms with E-state index < -0.39 is 0 Å². The second kappa shape index (κ2) is 4.87. The van der Waals surface area contributed by atoms with Crippen LogP contribution in [0.3, 0.4) is 0 Å². The fourth-order valence-corrected chi connectivity index (χ4v) is 1.95. The Morgan fingerprint density at radius 3 is 1.95 bits per heavy atom. The van der Waals surface area contributed by atoms with Gasteiger partial charge < -0.3 is 10.0 Å². The van der Waals surface area contributed by atoms with Crippen molar-refractivity contribution in [2.45, 2.75) is 52.4 Å². The van der Waals surface area contributed by atoms with E-state index in [-0.39, 0.29) is 16.6 Å². The molecule has 0 heterocycles. The number of hydrogen-bond donors (Lipinski definition) is 1. The molecule has 0 aliphatic rings. The zero-order valence-corrected chi connectivity index (χ0v) is 13.0. The topological polar surface area (TPSA) is 40.5 Å². The summed E-state index contributed by atoms with van der Waals surface area (Å²) in [6.45, 7) is 12.5. The summed E-state index contributed by atoms with van der Waals surface area (Å²) >= 11 is 0. The SMILES string of the molecule is CN(C=O)c1cc(C(C)(C)C)cc(C(C)(C)C)c1O. The quantitative estimate of drug-likeness (QED) is 0.828. The molecule has 0 spiro atoms. The van der Waals surface area contributed by atoms with Crippen LogP contribution in [0.5, 0.6) is 5.75 Å². The highest BCUT2D eigenvalue weighted by molar-refractivity contribution is 5.79. The highest BCUT2D eigenvalue weighted by Crippen LogP contribution is 2.41. The van der Waals surface area contributed by atoms with E-state index in [9.17, 15) is 9.90 Å². The van der Waals surface area contributed by atoms with Crippen molar-refractivity contribution in [1.82, 2.24) is 0 Å². The van der Waals surface area contributed by atoms with Crippen LogP contribution in [0.25, 0.3) is 0 Å². The van der Waals surface area contributed by atoms with E-state index in [1.165, 1.54) is 4.90 Å². The number of anilines is 1. The second-order valence-electron chi connectivity index (χ2n) is 7.11. The van der Waals surface area contributed by atoms with Crippen molar-refractivity contribution in [2.24, 2.45) is 0 Å². The van der Waals surface area contributed by atoms with Gasteiger partial charge in [0.1, 0.15) is 5.75 Å². The molecule has 0 radical (unpaired) electrons. The molecule has 106 valence electrons. The van der Waals surface area contributed by atoms with Gasteiger partial charge in [0.2, 0.25) is 6.41 Å². The molecule has 1 N–H and O–H groups in total. The summed E-state index contributed by atoms with van der Waals surface area (Å²) in [5, 5.41) is 10.4. The van der Waals surface area contributed by atoms with Crippen molar-refractivity contribution in [3.63, 3.8) is 0 Å². The zero-order chi connectivity index (χ0) is 15.0. The Labute approximate surface area is 116 Å². The maximum Gasteiger partial charge on any atom is 0.213 e. The number of rotatable bonds is 2. The predicted molar refractivity (Wildman–Crippen MR) is 80.0 cm³/mol. The van der Waals surface area contributed by atoms with E-state index in [4.69, 9.17) is 0 Å². The number of carbonyl (C=O) groups is 1. The van der Waals surface area contributed by atoms with Gasteiger partial charge in [0.05, 0.1) is 5.69 Å². The number of phenols is 1. The van der Waals surface area contributed by atoms with Crippen LogP contribution in [0.4, 0.5) is 5.69 Å². The molecular weight excluding hydrogens is 238 g/mol. The Balaban J connectivity index is 3.61. The normalized spacial score (nSPS) is 12.4. The Kier molecular flexibility index (Phi) is 3.99. The number of amides is 1. The monoisotopic (exact) mass is 263 g/mol. The molecule has 0 aromatic heterocycles. The summed E-state index contributed by atoms with van der Waals surface area (Å²) in [5.74, 6) is 0.190. The van der Waals surface area contributed by atoms with E-state index >= 15 is 0 Å². The first-order chi connectivity index (χ1) is 8.48. The third kappa shape index (κ3) is 3.28. The third-order valence-corrected chi connectivity index (χ3v) is 3.30. The molecule has 0 saturated heterocycles. The second-order valence-corrected chi connectivity index (χ2v) is 7.11. The predicted octanol–water partition coefficient (Wildman–Crippen LogP) is 3.58. The standard InChI is InChI=1S/C16H25NO2/c1-15(2,3)11-8-12(16(4,5)6)14(19)13(9-11)17(7)10-18/h8-10,19H,1-7H3. The molecular formula is C16H25NO2. The van der Waals surface area contributed by atoms with E-state index in [2.05, 4.69) is 41.5 Å². The van der Waals surface area contributed by atoms with Gasteiger partial charge >= 0.3 is 0 Å². The van der Waals surface area contributed by atoms with Gasteiger partial charge in [-0.15, -0.1) is 0 Å². The summed E-state index contributed by atoms with van der Waals surface area (Å²) in [5.41, 5.74) is 2.32. The summed E-state index contributed by atoms with van der Waals surface area (Å²) < 4.78 is 0. The molecule has 1 aromatic carbocycles. The lowest BCUT2D eigenvalue weighted by Crippen LogP contribution is -2.20. The lowest BCUT2D eigenvalue weighted by molar-refractivity contribution is -0.107. The smallest absolute Gasteiger partial charge is 0.213 e. The van der Waals surface area contributed by atoms with E-state index in [0.717, 1.165) is 11.1 Å². The van der Waals surface area contributed by atoms with Crippen molar-refractivity contribution in [3.05, 3.63) is 23.3 Å².